The molecule has 8 bridgehead atoms. The van der Waals surface area contributed by atoms with Gasteiger partial charge in [-0.25, -0.2) is 9.97 Å². The maximum absolute atomic E-state index is 5.94. The Morgan fingerprint density at radius 3 is 2.33 bits per heavy atom. The highest BCUT2D eigenvalue weighted by atomic mass is 32.1. The van der Waals surface area contributed by atoms with Crippen LogP contribution in [-0.4, -0.2) is 26.5 Å². The van der Waals surface area contributed by atoms with Gasteiger partial charge in [-0.05, 0) is 96.3 Å². The minimum Gasteiger partial charge on any atom is -0.494 e. The number of thiophene rings is 1. The molecule has 0 atom stereocenters. The average molecular weight is 541 g/mol. The maximum atomic E-state index is 5.94. The number of H-pyrrole nitrogens is 2. The van der Waals surface area contributed by atoms with Crippen LogP contribution in [0.1, 0.15) is 42.5 Å². The third-order valence-corrected chi connectivity index (χ3v) is 7.92. The first kappa shape index (κ1) is 24.4. The number of aromatic nitrogens is 4. The van der Waals surface area contributed by atoms with Crippen LogP contribution in [0.4, 0.5) is 0 Å². The molecule has 0 amide bonds. The van der Waals surface area contributed by atoms with Crippen molar-refractivity contribution < 1.29 is 4.74 Å². The number of fused-ring (bicyclic) bond motifs is 8. The Labute approximate surface area is 236 Å². The van der Waals surface area contributed by atoms with Gasteiger partial charge in [-0.2, -0.15) is 0 Å². The van der Waals surface area contributed by atoms with Crippen molar-refractivity contribution in [2.75, 3.05) is 6.61 Å². The summed E-state index contributed by atoms with van der Waals surface area (Å²) in [5.41, 5.74) is 11.0. The van der Waals surface area contributed by atoms with E-state index >= 15 is 0 Å². The van der Waals surface area contributed by atoms with Crippen LogP contribution in [0.3, 0.4) is 0 Å². The van der Waals surface area contributed by atoms with Crippen LogP contribution in [0.5, 0.6) is 5.75 Å². The molecule has 196 valence electrons. The first-order valence-corrected chi connectivity index (χ1v) is 14.5. The zero-order valence-electron chi connectivity index (χ0n) is 22.1. The number of ether oxygens (including phenoxy) is 1. The highest BCUT2D eigenvalue weighted by molar-refractivity contribution is 7.13. The van der Waals surface area contributed by atoms with Gasteiger partial charge in [0.2, 0.25) is 0 Å². The van der Waals surface area contributed by atoms with Crippen LogP contribution in [0.25, 0.3) is 67.9 Å². The lowest BCUT2D eigenvalue weighted by Crippen LogP contribution is -1.95. The molecule has 6 heterocycles. The van der Waals surface area contributed by atoms with E-state index in [1.807, 2.05) is 18.2 Å². The molecule has 1 aromatic carbocycles. The maximum Gasteiger partial charge on any atom is 0.119 e. The molecule has 2 N–H and O–H groups in total. The van der Waals surface area contributed by atoms with Gasteiger partial charge < -0.3 is 14.7 Å². The molecular weight excluding hydrogens is 512 g/mol. The number of nitrogens with one attached hydrogen (secondary N) is 2. The van der Waals surface area contributed by atoms with Crippen molar-refractivity contribution in [3.05, 3.63) is 101 Å². The smallest absolute Gasteiger partial charge is 0.119 e. The largest absolute Gasteiger partial charge is 0.494 e. The van der Waals surface area contributed by atoms with Gasteiger partial charge in [0.25, 0.3) is 0 Å². The third-order valence-electron chi connectivity index (χ3n) is 7.03. The minimum absolute atomic E-state index is 0.736. The van der Waals surface area contributed by atoms with Crippen LogP contribution >= 0.6 is 11.3 Å². The second-order valence-electron chi connectivity index (χ2n) is 9.94. The molecule has 0 fully saturated rings. The molecule has 4 aromatic heterocycles. The molecule has 40 heavy (non-hydrogen) atoms. The van der Waals surface area contributed by atoms with Gasteiger partial charge in [-0.3, -0.25) is 0 Å². The SMILES string of the molecule is CCCCOc1ccc(-c2cc3cc4ccc(cc5nc(cc6nc(c(-c7cccs7)c2[nH]3)C=C6)C=C5)[nH]4)cc1. The zero-order chi connectivity index (χ0) is 26.9. The van der Waals surface area contributed by atoms with Crippen molar-refractivity contribution in [3.63, 3.8) is 0 Å². The average Bonchev–Trinajstić information content (AvgIpc) is 3.79. The molecule has 5 nitrogen and oxygen atoms in total. The van der Waals surface area contributed by atoms with Crippen molar-refractivity contribution in [1.29, 1.82) is 0 Å². The first-order chi connectivity index (χ1) is 19.7. The minimum atomic E-state index is 0.736. The number of hydrogen-bond acceptors (Lipinski definition) is 4. The van der Waals surface area contributed by atoms with Gasteiger partial charge >= 0.3 is 0 Å². The van der Waals surface area contributed by atoms with Crippen LogP contribution in [-0.2, 0) is 0 Å². The Hall–Kier alpha value is -4.68. The Balaban J connectivity index is 1.51. The fourth-order valence-electron chi connectivity index (χ4n) is 5.07. The summed E-state index contributed by atoms with van der Waals surface area (Å²) in [6.07, 6.45) is 10.4. The number of hydrogen-bond donors (Lipinski definition) is 2. The van der Waals surface area contributed by atoms with E-state index in [9.17, 15) is 0 Å². The molecule has 0 radical (unpaired) electrons. The van der Waals surface area contributed by atoms with Gasteiger partial charge in [-0.15, -0.1) is 11.3 Å². The number of unbranched alkanes of at least 4 members (excludes halogenated alkanes) is 1. The normalized spacial score (nSPS) is 12.2. The summed E-state index contributed by atoms with van der Waals surface area (Å²) in [5.74, 6) is 0.895. The molecule has 5 aromatic rings. The van der Waals surface area contributed by atoms with E-state index in [-0.39, 0.29) is 0 Å². The summed E-state index contributed by atoms with van der Waals surface area (Å²) in [7, 11) is 0. The highest BCUT2D eigenvalue weighted by Gasteiger charge is 2.16. The van der Waals surface area contributed by atoms with Crippen molar-refractivity contribution in [1.82, 2.24) is 19.9 Å². The van der Waals surface area contributed by atoms with Crippen LogP contribution < -0.4 is 4.74 Å². The van der Waals surface area contributed by atoms with E-state index in [1.165, 1.54) is 0 Å². The highest BCUT2D eigenvalue weighted by Crippen LogP contribution is 2.38. The van der Waals surface area contributed by atoms with E-state index in [2.05, 4.69) is 101 Å². The molecule has 0 aliphatic carbocycles. The summed E-state index contributed by atoms with van der Waals surface area (Å²) >= 11 is 1.72. The Morgan fingerprint density at radius 1 is 0.750 bits per heavy atom. The predicted octanol–water partition coefficient (Wildman–Crippen LogP) is 9.23. The zero-order valence-corrected chi connectivity index (χ0v) is 23.0. The topological polar surface area (TPSA) is 66.6 Å². The van der Waals surface area contributed by atoms with E-state index < -0.39 is 0 Å². The summed E-state index contributed by atoms with van der Waals surface area (Å²) in [4.78, 5) is 18.2. The van der Waals surface area contributed by atoms with E-state index in [0.717, 1.165) is 91.6 Å². The second-order valence-corrected chi connectivity index (χ2v) is 10.9. The van der Waals surface area contributed by atoms with E-state index in [4.69, 9.17) is 14.7 Å². The molecule has 0 saturated carbocycles. The lowest BCUT2D eigenvalue weighted by Gasteiger charge is -2.07. The van der Waals surface area contributed by atoms with Crippen LogP contribution in [0.15, 0.2) is 78.2 Å². The van der Waals surface area contributed by atoms with Crippen molar-refractivity contribution in [2.45, 2.75) is 19.8 Å². The van der Waals surface area contributed by atoms with Crippen molar-refractivity contribution in [2.24, 2.45) is 0 Å². The van der Waals surface area contributed by atoms with Gasteiger partial charge in [0.15, 0.2) is 0 Å². The number of aromatic amines is 2. The van der Waals surface area contributed by atoms with Crippen molar-refractivity contribution in [3.8, 4) is 27.3 Å². The molecule has 0 spiro atoms. The molecule has 0 saturated heterocycles. The Kier molecular flexibility index (Phi) is 6.38. The molecule has 2 aliphatic rings. The van der Waals surface area contributed by atoms with E-state index in [1.54, 1.807) is 11.3 Å². The standard InChI is InChI=1S/C34H28N4OS/c1-2-3-16-39-29-13-6-22(7-14-29)30-21-28-20-26-11-10-24(36-26)18-23-8-9-25(35-23)19-27-12-15-31(37-27)33(34(30)38-28)32-5-4-17-40-32/h4-15,17-21,36,38H,2-3,16H2,1H3. The van der Waals surface area contributed by atoms with Crippen molar-refractivity contribution >= 4 is 57.7 Å². The summed E-state index contributed by atoms with van der Waals surface area (Å²) in [6, 6.07) is 25.3. The second kappa shape index (κ2) is 10.5. The lowest BCUT2D eigenvalue weighted by molar-refractivity contribution is 0.309. The quantitative estimate of drug-likeness (QED) is 0.207. The van der Waals surface area contributed by atoms with E-state index in [0.29, 0.717) is 0 Å². The predicted molar refractivity (Wildman–Crippen MR) is 168 cm³/mol. The van der Waals surface area contributed by atoms with Gasteiger partial charge in [0, 0.05) is 32.6 Å². The number of nitrogens with zero attached hydrogens (tertiary/aromatic N) is 2. The van der Waals surface area contributed by atoms with Gasteiger partial charge in [-0.1, -0.05) is 31.5 Å². The summed E-state index contributed by atoms with van der Waals surface area (Å²) in [5, 5.41) is 2.11. The van der Waals surface area contributed by atoms with Gasteiger partial charge in [0.05, 0.1) is 34.9 Å². The summed E-state index contributed by atoms with van der Waals surface area (Å²) < 4.78 is 5.94. The molecule has 7 rings (SSSR count). The molecule has 0 unspecified atom stereocenters. The van der Waals surface area contributed by atoms with Crippen LogP contribution in [0.2, 0.25) is 0 Å². The Morgan fingerprint density at radius 2 is 1.52 bits per heavy atom. The number of benzene rings is 1. The number of rotatable bonds is 6. The summed E-state index contributed by atoms with van der Waals surface area (Å²) in [6.45, 7) is 2.91. The molecular formula is C34H28N4OS. The Bertz CT molecular complexity index is 1910. The lowest BCUT2D eigenvalue weighted by atomic mass is 10.0. The molecule has 2 aliphatic heterocycles. The third kappa shape index (κ3) is 4.90. The fraction of sp³-hybridized carbons (Fsp3) is 0.118. The fourth-order valence-corrected chi connectivity index (χ4v) is 5.86. The monoisotopic (exact) mass is 540 g/mol. The molecule has 6 heteroatoms. The van der Waals surface area contributed by atoms with Gasteiger partial charge in [0.1, 0.15) is 5.75 Å². The first-order valence-electron chi connectivity index (χ1n) is 13.6. The van der Waals surface area contributed by atoms with Crippen LogP contribution in [0, 0.1) is 0 Å².